The Morgan fingerprint density at radius 3 is 2.12 bits per heavy atom. The molecule has 2 aromatic rings. The molecule has 2 aromatic carbocycles. The third-order valence-corrected chi connectivity index (χ3v) is 3.47. The van der Waals surface area contributed by atoms with Crippen LogP contribution in [0.5, 0.6) is 0 Å². The van der Waals surface area contributed by atoms with E-state index < -0.39 is 5.97 Å². The lowest BCUT2D eigenvalue weighted by Gasteiger charge is -2.19. The first-order valence-corrected chi connectivity index (χ1v) is 7.63. The van der Waals surface area contributed by atoms with Crippen molar-refractivity contribution in [1.29, 1.82) is 0 Å². The molecule has 0 aliphatic rings. The van der Waals surface area contributed by atoms with E-state index in [1.807, 2.05) is 30.3 Å². The summed E-state index contributed by atoms with van der Waals surface area (Å²) in [5.41, 5.74) is 2.22. The molecule has 5 nitrogen and oxygen atoms in total. The van der Waals surface area contributed by atoms with Crippen LogP contribution in [0.2, 0.25) is 0 Å². The van der Waals surface area contributed by atoms with Crippen LogP contribution in [0.3, 0.4) is 0 Å². The normalized spacial score (nSPS) is 10.1. The fourth-order valence-corrected chi connectivity index (χ4v) is 2.50. The second-order valence-electron chi connectivity index (χ2n) is 5.19. The van der Waals surface area contributed by atoms with Gasteiger partial charge in [-0.05, 0) is 36.2 Å². The Hall–Kier alpha value is -2.95. The molecule has 2 amide bonds. The van der Waals surface area contributed by atoms with E-state index in [0.717, 1.165) is 10.5 Å². The Kier molecular flexibility index (Phi) is 5.47. The minimum Gasteiger partial charge on any atom is -0.462 e. The number of amides is 2. The summed E-state index contributed by atoms with van der Waals surface area (Å²) in [5, 5.41) is 0. The lowest BCUT2D eigenvalue weighted by molar-refractivity contribution is -0.124. The molecule has 0 aliphatic heterocycles. The molecular formula is C19H19NO4. The van der Waals surface area contributed by atoms with Gasteiger partial charge in [-0.2, -0.15) is 0 Å². The number of rotatable bonds is 4. The molecule has 0 heterocycles. The SMILES string of the molecule is CCOC(=O)c1ccc(N(C(C)=O)C(C)=O)cc1-c1ccccc1. The van der Waals surface area contributed by atoms with Gasteiger partial charge in [0, 0.05) is 13.8 Å². The Labute approximate surface area is 140 Å². The Balaban J connectivity index is 2.62. The van der Waals surface area contributed by atoms with Crippen LogP contribution < -0.4 is 4.90 Å². The van der Waals surface area contributed by atoms with Crippen molar-refractivity contribution in [1.82, 2.24) is 0 Å². The molecule has 0 unspecified atom stereocenters. The highest BCUT2D eigenvalue weighted by Crippen LogP contribution is 2.29. The Morgan fingerprint density at radius 1 is 0.958 bits per heavy atom. The first-order valence-electron chi connectivity index (χ1n) is 7.63. The van der Waals surface area contributed by atoms with Crippen molar-refractivity contribution in [2.24, 2.45) is 0 Å². The molecule has 0 bridgehead atoms. The number of carbonyl (C=O) groups is 3. The molecule has 24 heavy (non-hydrogen) atoms. The molecule has 0 radical (unpaired) electrons. The summed E-state index contributed by atoms with van der Waals surface area (Å²) in [5.74, 6) is -1.21. The molecular weight excluding hydrogens is 306 g/mol. The van der Waals surface area contributed by atoms with Crippen LogP contribution in [-0.2, 0) is 14.3 Å². The van der Waals surface area contributed by atoms with Gasteiger partial charge in [0.05, 0.1) is 17.9 Å². The van der Waals surface area contributed by atoms with Gasteiger partial charge in [0.15, 0.2) is 0 Å². The smallest absolute Gasteiger partial charge is 0.338 e. The maximum Gasteiger partial charge on any atom is 0.338 e. The van der Waals surface area contributed by atoms with E-state index in [0.29, 0.717) is 16.8 Å². The molecule has 124 valence electrons. The van der Waals surface area contributed by atoms with E-state index >= 15 is 0 Å². The van der Waals surface area contributed by atoms with Gasteiger partial charge in [0.25, 0.3) is 0 Å². The zero-order valence-corrected chi connectivity index (χ0v) is 13.9. The number of esters is 1. The largest absolute Gasteiger partial charge is 0.462 e. The number of anilines is 1. The minimum atomic E-state index is -0.444. The predicted octanol–water partition coefficient (Wildman–Crippen LogP) is 3.43. The van der Waals surface area contributed by atoms with Crippen LogP contribution in [0, 0.1) is 0 Å². The summed E-state index contributed by atoms with van der Waals surface area (Å²) in [6.07, 6.45) is 0. The van der Waals surface area contributed by atoms with Crippen LogP contribution in [0.4, 0.5) is 5.69 Å². The number of benzene rings is 2. The number of nitrogens with zero attached hydrogens (tertiary/aromatic N) is 1. The molecule has 0 N–H and O–H groups in total. The predicted molar refractivity (Wildman–Crippen MR) is 91.7 cm³/mol. The molecule has 0 saturated heterocycles. The van der Waals surface area contributed by atoms with Crippen LogP contribution in [-0.4, -0.2) is 24.4 Å². The van der Waals surface area contributed by atoms with E-state index in [1.165, 1.54) is 13.8 Å². The molecule has 0 saturated carbocycles. The van der Waals surface area contributed by atoms with Gasteiger partial charge in [0.1, 0.15) is 0 Å². The van der Waals surface area contributed by atoms with Crippen molar-refractivity contribution in [3.8, 4) is 11.1 Å². The summed E-state index contributed by atoms with van der Waals surface area (Å²) in [4.78, 5) is 36.8. The standard InChI is InChI=1S/C19H19NO4/c1-4-24-19(23)17-11-10-16(20(13(2)21)14(3)22)12-18(17)15-8-6-5-7-9-15/h5-12H,4H2,1-3H3. The zero-order valence-electron chi connectivity index (χ0n) is 13.9. The third-order valence-electron chi connectivity index (χ3n) is 3.47. The molecule has 0 atom stereocenters. The summed E-state index contributed by atoms with van der Waals surface area (Å²) < 4.78 is 5.10. The number of ether oxygens (including phenoxy) is 1. The van der Waals surface area contributed by atoms with Crippen LogP contribution in [0.1, 0.15) is 31.1 Å². The van der Waals surface area contributed by atoms with Crippen molar-refractivity contribution >= 4 is 23.5 Å². The third kappa shape index (κ3) is 3.68. The lowest BCUT2D eigenvalue weighted by atomic mass is 9.98. The summed E-state index contributed by atoms with van der Waals surface area (Å²) >= 11 is 0. The van der Waals surface area contributed by atoms with Crippen molar-refractivity contribution in [2.75, 3.05) is 11.5 Å². The van der Waals surface area contributed by atoms with Crippen molar-refractivity contribution in [3.63, 3.8) is 0 Å². The number of hydrogen-bond acceptors (Lipinski definition) is 4. The topological polar surface area (TPSA) is 63.7 Å². The lowest BCUT2D eigenvalue weighted by Crippen LogP contribution is -2.33. The van der Waals surface area contributed by atoms with Crippen LogP contribution >= 0.6 is 0 Å². The number of carbonyl (C=O) groups excluding carboxylic acids is 3. The summed E-state index contributed by atoms with van der Waals surface area (Å²) in [6.45, 7) is 4.65. The molecule has 2 rings (SSSR count). The molecule has 0 fully saturated rings. The molecule has 0 spiro atoms. The highest BCUT2D eigenvalue weighted by Gasteiger charge is 2.20. The van der Waals surface area contributed by atoms with Crippen molar-refractivity contribution in [2.45, 2.75) is 20.8 Å². The number of imide groups is 1. The van der Waals surface area contributed by atoms with Gasteiger partial charge >= 0.3 is 5.97 Å². The van der Waals surface area contributed by atoms with Gasteiger partial charge < -0.3 is 4.74 Å². The first-order chi connectivity index (χ1) is 11.5. The van der Waals surface area contributed by atoms with E-state index in [2.05, 4.69) is 0 Å². The average Bonchev–Trinajstić information content (AvgIpc) is 2.55. The van der Waals surface area contributed by atoms with E-state index in [4.69, 9.17) is 4.74 Å². The van der Waals surface area contributed by atoms with Crippen molar-refractivity contribution in [3.05, 3.63) is 54.1 Å². The maximum absolute atomic E-state index is 12.2. The monoisotopic (exact) mass is 325 g/mol. The molecule has 5 heteroatoms. The second-order valence-corrected chi connectivity index (χ2v) is 5.19. The zero-order chi connectivity index (χ0) is 17.7. The minimum absolute atomic E-state index is 0.266. The van der Waals surface area contributed by atoms with E-state index in [1.54, 1.807) is 25.1 Å². The first kappa shape index (κ1) is 17.4. The Morgan fingerprint density at radius 2 is 1.58 bits per heavy atom. The Bertz CT molecular complexity index is 754. The van der Waals surface area contributed by atoms with Crippen LogP contribution in [0.25, 0.3) is 11.1 Å². The van der Waals surface area contributed by atoms with Crippen molar-refractivity contribution < 1.29 is 19.1 Å². The molecule has 0 aliphatic carbocycles. The van der Waals surface area contributed by atoms with Gasteiger partial charge in [-0.15, -0.1) is 0 Å². The summed E-state index contributed by atoms with van der Waals surface area (Å²) in [6, 6.07) is 14.1. The molecule has 0 aromatic heterocycles. The second kappa shape index (κ2) is 7.55. The quantitative estimate of drug-likeness (QED) is 0.808. The summed E-state index contributed by atoms with van der Waals surface area (Å²) in [7, 11) is 0. The van der Waals surface area contributed by atoms with Gasteiger partial charge in [-0.1, -0.05) is 30.3 Å². The number of hydrogen-bond donors (Lipinski definition) is 0. The average molecular weight is 325 g/mol. The van der Waals surface area contributed by atoms with E-state index in [-0.39, 0.29) is 18.4 Å². The fourth-order valence-electron chi connectivity index (χ4n) is 2.50. The highest BCUT2D eigenvalue weighted by molar-refractivity contribution is 6.13. The van der Waals surface area contributed by atoms with Crippen LogP contribution in [0.15, 0.2) is 48.5 Å². The fraction of sp³-hybridized carbons (Fsp3) is 0.211. The van der Waals surface area contributed by atoms with E-state index in [9.17, 15) is 14.4 Å². The van der Waals surface area contributed by atoms with Gasteiger partial charge in [-0.25, -0.2) is 4.79 Å². The van der Waals surface area contributed by atoms with Gasteiger partial charge in [-0.3, -0.25) is 14.5 Å². The highest BCUT2D eigenvalue weighted by atomic mass is 16.5. The van der Waals surface area contributed by atoms with Gasteiger partial charge in [0.2, 0.25) is 11.8 Å². The maximum atomic E-state index is 12.2.